The third-order valence-corrected chi connectivity index (χ3v) is 5.63. The van der Waals surface area contributed by atoms with E-state index in [9.17, 15) is 4.79 Å². The predicted octanol–water partition coefficient (Wildman–Crippen LogP) is 3.03. The molecule has 2 aromatic heterocycles. The van der Waals surface area contributed by atoms with Crippen molar-refractivity contribution in [3.05, 3.63) is 28.2 Å². The van der Waals surface area contributed by atoms with Gasteiger partial charge >= 0.3 is 0 Å². The molecule has 3 rings (SSSR count). The quantitative estimate of drug-likeness (QED) is 0.790. The third kappa shape index (κ3) is 3.52. The van der Waals surface area contributed by atoms with Crippen LogP contribution in [0.2, 0.25) is 0 Å². The Morgan fingerprint density at radius 1 is 1.55 bits per heavy atom. The molecule has 1 saturated carbocycles. The van der Waals surface area contributed by atoms with E-state index in [2.05, 4.69) is 27.0 Å². The van der Waals surface area contributed by atoms with Crippen LogP contribution in [0.5, 0.6) is 0 Å². The summed E-state index contributed by atoms with van der Waals surface area (Å²) in [6, 6.07) is 4.02. The lowest BCUT2D eigenvalue weighted by Gasteiger charge is -2.12. The van der Waals surface area contributed by atoms with Gasteiger partial charge < -0.3 is 9.88 Å². The highest BCUT2D eigenvalue weighted by Gasteiger charge is 2.30. The molecule has 0 bridgehead atoms. The average molecular weight is 336 g/mol. The monoisotopic (exact) mass is 336 g/mol. The molecule has 0 spiro atoms. The number of hydrogen-bond acceptors (Lipinski definition) is 5. The minimum Gasteiger partial charge on any atom is -0.350 e. The zero-order chi connectivity index (χ0) is 15.5. The molecule has 0 aliphatic heterocycles. The maximum Gasteiger partial charge on any atom is 0.233 e. The zero-order valence-corrected chi connectivity index (χ0v) is 14.4. The Kier molecular flexibility index (Phi) is 4.83. The van der Waals surface area contributed by atoms with Crippen LogP contribution in [0.3, 0.4) is 0 Å². The molecular formula is C15H20N4OS2. The highest BCUT2D eigenvalue weighted by molar-refractivity contribution is 8.00. The first-order valence-electron chi connectivity index (χ1n) is 7.59. The summed E-state index contributed by atoms with van der Waals surface area (Å²) in [5, 5.41) is 14.3. The highest BCUT2D eigenvalue weighted by atomic mass is 32.2. The molecule has 2 aromatic rings. The minimum atomic E-state index is -0.179. The summed E-state index contributed by atoms with van der Waals surface area (Å²) in [5.41, 5.74) is 0. The van der Waals surface area contributed by atoms with E-state index in [-0.39, 0.29) is 11.2 Å². The molecule has 22 heavy (non-hydrogen) atoms. The van der Waals surface area contributed by atoms with E-state index >= 15 is 0 Å². The largest absolute Gasteiger partial charge is 0.350 e. The summed E-state index contributed by atoms with van der Waals surface area (Å²) in [5.74, 6) is 1.69. The summed E-state index contributed by atoms with van der Waals surface area (Å²) in [7, 11) is 0. The van der Waals surface area contributed by atoms with Crippen molar-refractivity contribution in [2.45, 2.75) is 56.1 Å². The molecule has 0 saturated heterocycles. The number of carbonyl (C=O) groups excluding carboxylic acids is 1. The Hall–Kier alpha value is -1.34. The zero-order valence-electron chi connectivity index (χ0n) is 12.8. The van der Waals surface area contributed by atoms with Gasteiger partial charge in [0, 0.05) is 17.3 Å². The Morgan fingerprint density at radius 3 is 3.00 bits per heavy atom. The molecule has 1 aliphatic carbocycles. The Labute approximate surface area is 138 Å². The SMILES string of the molecule is CCn1c(SC(C)C(=O)NCc2cccs2)nnc1C1CC1. The molecule has 1 atom stereocenters. The molecule has 1 aliphatic rings. The highest BCUT2D eigenvalue weighted by Crippen LogP contribution is 2.40. The average Bonchev–Trinajstić information content (AvgIpc) is 3.08. The number of aromatic nitrogens is 3. The topological polar surface area (TPSA) is 59.8 Å². The van der Waals surface area contributed by atoms with Crippen LogP contribution in [0, 0.1) is 0 Å². The van der Waals surface area contributed by atoms with Crippen molar-refractivity contribution in [2.24, 2.45) is 0 Å². The van der Waals surface area contributed by atoms with E-state index in [1.807, 2.05) is 24.4 Å². The van der Waals surface area contributed by atoms with Gasteiger partial charge in [-0.1, -0.05) is 17.8 Å². The summed E-state index contributed by atoms with van der Waals surface area (Å²) >= 11 is 3.14. The van der Waals surface area contributed by atoms with Gasteiger partial charge in [0.05, 0.1) is 11.8 Å². The molecule has 1 N–H and O–H groups in total. The van der Waals surface area contributed by atoms with Crippen LogP contribution in [-0.4, -0.2) is 25.9 Å². The lowest BCUT2D eigenvalue weighted by atomic mass is 10.4. The van der Waals surface area contributed by atoms with Crippen molar-refractivity contribution in [3.63, 3.8) is 0 Å². The second-order valence-electron chi connectivity index (χ2n) is 5.42. The first-order valence-corrected chi connectivity index (χ1v) is 9.34. The normalized spacial score (nSPS) is 15.7. The summed E-state index contributed by atoms with van der Waals surface area (Å²) in [6.07, 6.45) is 2.42. The van der Waals surface area contributed by atoms with Gasteiger partial charge in [-0.3, -0.25) is 4.79 Å². The Morgan fingerprint density at radius 2 is 2.36 bits per heavy atom. The van der Waals surface area contributed by atoms with Gasteiger partial charge in [-0.2, -0.15) is 0 Å². The molecular weight excluding hydrogens is 316 g/mol. The van der Waals surface area contributed by atoms with Gasteiger partial charge in [0.1, 0.15) is 5.82 Å². The lowest BCUT2D eigenvalue weighted by molar-refractivity contribution is -0.120. The van der Waals surface area contributed by atoms with Gasteiger partial charge in [0.15, 0.2) is 5.16 Å². The lowest BCUT2D eigenvalue weighted by Crippen LogP contribution is -2.30. The van der Waals surface area contributed by atoms with E-state index in [1.54, 1.807) is 11.3 Å². The summed E-state index contributed by atoms with van der Waals surface area (Å²) in [6.45, 7) is 5.46. The van der Waals surface area contributed by atoms with E-state index in [0.29, 0.717) is 12.5 Å². The number of carbonyl (C=O) groups is 1. The smallest absolute Gasteiger partial charge is 0.233 e. The number of thioether (sulfide) groups is 1. The maximum absolute atomic E-state index is 12.2. The van der Waals surface area contributed by atoms with Gasteiger partial charge in [0.2, 0.25) is 5.91 Å². The molecule has 5 nitrogen and oxygen atoms in total. The molecule has 1 unspecified atom stereocenters. The van der Waals surface area contributed by atoms with Gasteiger partial charge in [-0.05, 0) is 38.1 Å². The fraction of sp³-hybridized carbons (Fsp3) is 0.533. The van der Waals surface area contributed by atoms with Crippen LogP contribution in [0.25, 0.3) is 0 Å². The van der Waals surface area contributed by atoms with Crippen LogP contribution < -0.4 is 5.32 Å². The van der Waals surface area contributed by atoms with Crippen molar-refractivity contribution in [2.75, 3.05) is 0 Å². The second-order valence-corrected chi connectivity index (χ2v) is 7.76. The minimum absolute atomic E-state index is 0.0389. The van der Waals surface area contributed by atoms with E-state index < -0.39 is 0 Å². The number of amides is 1. The van der Waals surface area contributed by atoms with Crippen molar-refractivity contribution in [1.82, 2.24) is 20.1 Å². The Bertz CT molecular complexity index is 634. The fourth-order valence-electron chi connectivity index (χ4n) is 2.27. The van der Waals surface area contributed by atoms with Crippen molar-refractivity contribution in [1.29, 1.82) is 0 Å². The summed E-state index contributed by atoms with van der Waals surface area (Å²) in [4.78, 5) is 13.4. The van der Waals surface area contributed by atoms with Crippen molar-refractivity contribution >= 4 is 29.0 Å². The van der Waals surface area contributed by atoms with Gasteiger partial charge in [0.25, 0.3) is 0 Å². The predicted molar refractivity (Wildman–Crippen MR) is 89.2 cm³/mol. The van der Waals surface area contributed by atoms with Crippen LogP contribution in [-0.2, 0) is 17.9 Å². The van der Waals surface area contributed by atoms with E-state index in [0.717, 1.165) is 17.5 Å². The fourth-order valence-corrected chi connectivity index (χ4v) is 3.86. The second kappa shape index (κ2) is 6.83. The van der Waals surface area contributed by atoms with Crippen LogP contribution in [0.1, 0.15) is 43.3 Å². The standard InChI is InChI=1S/C15H20N4OS2/c1-3-19-13(11-6-7-11)17-18-15(19)22-10(2)14(20)16-9-12-5-4-8-21-12/h4-5,8,10-11H,3,6-7,9H2,1-2H3,(H,16,20). The van der Waals surface area contributed by atoms with E-state index in [1.165, 1.54) is 29.5 Å². The first kappa shape index (κ1) is 15.6. The molecule has 1 amide bonds. The molecule has 0 radical (unpaired) electrons. The van der Waals surface area contributed by atoms with Crippen LogP contribution in [0.15, 0.2) is 22.7 Å². The molecule has 1 fully saturated rings. The Balaban J connectivity index is 1.58. The molecule has 2 heterocycles. The third-order valence-electron chi connectivity index (χ3n) is 3.67. The van der Waals surface area contributed by atoms with E-state index in [4.69, 9.17) is 0 Å². The molecule has 7 heteroatoms. The molecule has 0 aromatic carbocycles. The van der Waals surface area contributed by atoms with Crippen LogP contribution >= 0.6 is 23.1 Å². The number of rotatable bonds is 7. The maximum atomic E-state index is 12.2. The number of nitrogens with one attached hydrogen (secondary N) is 1. The number of nitrogens with zero attached hydrogens (tertiary/aromatic N) is 3. The first-order chi connectivity index (χ1) is 10.7. The molecule has 118 valence electrons. The number of thiophene rings is 1. The number of hydrogen-bond donors (Lipinski definition) is 1. The van der Waals surface area contributed by atoms with Crippen molar-refractivity contribution < 1.29 is 4.79 Å². The van der Waals surface area contributed by atoms with Crippen LogP contribution in [0.4, 0.5) is 0 Å². The van der Waals surface area contributed by atoms with Crippen molar-refractivity contribution in [3.8, 4) is 0 Å². The summed E-state index contributed by atoms with van der Waals surface area (Å²) < 4.78 is 2.14. The van der Waals surface area contributed by atoms with Gasteiger partial charge in [-0.25, -0.2) is 0 Å². The van der Waals surface area contributed by atoms with Gasteiger partial charge in [-0.15, -0.1) is 21.5 Å².